The highest BCUT2D eigenvalue weighted by Crippen LogP contribution is 2.60. The summed E-state index contributed by atoms with van der Waals surface area (Å²) in [5, 5.41) is 21.2. The lowest BCUT2D eigenvalue weighted by atomic mass is 9.82. The Balaban J connectivity index is 1.87. The topological polar surface area (TPSA) is 92.9 Å². The fraction of sp³-hybridized carbons (Fsp3) is 0.435. The maximum Gasteiger partial charge on any atom is 0.269 e. The van der Waals surface area contributed by atoms with Crippen LogP contribution in [0.5, 0.6) is 0 Å². The van der Waals surface area contributed by atoms with Crippen molar-refractivity contribution in [1.29, 1.82) is 0 Å². The van der Waals surface area contributed by atoms with Crippen molar-refractivity contribution in [3.8, 4) is 0 Å². The van der Waals surface area contributed by atoms with Gasteiger partial charge in [0.15, 0.2) is 5.60 Å². The van der Waals surface area contributed by atoms with E-state index in [4.69, 9.17) is 4.74 Å². The smallest absolute Gasteiger partial charge is 0.269 e. The van der Waals surface area contributed by atoms with Gasteiger partial charge in [-0.05, 0) is 65.9 Å². The highest BCUT2D eigenvalue weighted by Gasteiger charge is 2.66. The van der Waals surface area contributed by atoms with E-state index in [0.29, 0.717) is 11.3 Å². The SMILES string of the molecule is C[C@H]1[C@H]([Si](C)(C)F)[C@@H](CCO)O[C@]12C(=O)N(Cc1cccc(I)c1)c1ccc([N+](=O)[O-])cc12. The Labute approximate surface area is 206 Å². The molecule has 1 spiro atoms. The molecule has 1 saturated heterocycles. The molecule has 10 heteroatoms. The average molecular weight is 584 g/mol. The van der Waals surface area contributed by atoms with Crippen LogP contribution in [-0.2, 0) is 21.7 Å². The van der Waals surface area contributed by atoms with Crippen LogP contribution in [0.2, 0.25) is 18.6 Å². The van der Waals surface area contributed by atoms with E-state index in [2.05, 4.69) is 22.6 Å². The first-order valence-electron chi connectivity index (χ1n) is 10.8. The average Bonchev–Trinajstić information content (AvgIpc) is 3.15. The van der Waals surface area contributed by atoms with E-state index >= 15 is 4.11 Å². The first kappa shape index (κ1) is 24.2. The minimum atomic E-state index is -3.31. The lowest BCUT2D eigenvalue weighted by molar-refractivity contribution is -0.385. The Kier molecular flexibility index (Phi) is 6.40. The number of nitrogens with zero attached hydrogens (tertiary/aromatic N) is 2. The molecule has 0 aliphatic carbocycles. The molecule has 0 aromatic heterocycles. The zero-order chi connectivity index (χ0) is 24.1. The minimum Gasteiger partial charge on any atom is -0.396 e. The predicted molar refractivity (Wildman–Crippen MR) is 133 cm³/mol. The van der Waals surface area contributed by atoms with Crippen LogP contribution in [0.1, 0.15) is 24.5 Å². The van der Waals surface area contributed by atoms with Gasteiger partial charge < -0.3 is 18.9 Å². The largest absolute Gasteiger partial charge is 0.396 e. The maximum atomic E-state index is 15.5. The van der Waals surface area contributed by atoms with Crippen molar-refractivity contribution in [1.82, 2.24) is 0 Å². The molecule has 0 bridgehead atoms. The van der Waals surface area contributed by atoms with Crippen LogP contribution >= 0.6 is 22.6 Å². The second kappa shape index (κ2) is 8.71. The number of halogens is 2. The standard InChI is InChI=1S/C23H26FIN2O5Si/c1-14-21(33(2,3)24)20(9-10-28)32-23(14)18-12-17(27(30)31)7-8-19(18)26(22(23)29)13-15-5-4-6-16(25)11-15/h4-8,11-12,14,20-21,28H,9-10,13H2,1-3H3/t14-,20+,21-,23+/m0/s1. The van der Waals surface area contributed by atoms with Crippen molar-refractivity contribution in [2.75, 3.05) is 11.5 Å². The number of anilines is 1. The normalized spacial score (nSPS) is 26.8. The van der Waals surface area contributed by atoms with Crippen molar-refractivity contribution in [3.05, 3.63) is 67.3 Å². The molecule has 176 valence electrons. The van der Waals surface area contributed by atoms with E-state index in [1.807, 2.05) is 24.3 Å². The molecule has 1 amide bonds. The molecule has 1 N–H and O–H groups in total. The Morgan fingerprint density at radius 3 is 2.64 bits per heavy atom. The number of hydrogen-bond donors (Lipinski definition) is 1. The summed E-state index contributed by atoms with van der Waals surface area (Å²) >= 11 is 2.20. The number of benzene rings is 2. The lowest BCUT2D eigenvalue weighted by Gasteiger charge is -2.31. The van der Waals surface area contributed by atoms with Gasteiger partial charge in [-0.3, -0.25) is 14.9 Å². The van der Waals surface area contributed by atoms with Gasteiger partial charge in [0, 0.05) is 39.3 Å². The fourth-order valence-corrected chi connectivity index (χ4v) is 8.67. The van der Waals surface area contributed by atoms with Crippen LogP contribution in [-0.4, -0.2) is 37.1 Å². The third-order valence-electron chi connectivity index (χ3n) is 6.80. The van der Waals surface area contributed by atoms with Gasteiger partial charge in [-0.2, -0.15) is 0 Å². The van der Waals surface area contributed by atoms with E-state index < -0.39 is 36.5 Å². The molecule has 2 aromatic carbocycles. The van der Waals surface area contributed by atoms with E-state index in [1.54, 1.807) is 31.0 Å². The third-order valence-corrected chi connectivity index (χ3v) is 9.93. The summed E-state index contributed by atoms with van der Waals surface area (Å²) in [6.07, 6.45) is -0.448. The van der Waals surface area contributed by atoms with Gasteiger partial charge in [0.25, 0.3) is 11.6 Å². The molecule has 2 heterocycles. The highest BCUT2D eigenvalue weighted by atomic mass is 127. The fourth-order valence-electron chi connectivity index (χ4n) is 5.52. The Morgan fingerprint density at radius 1 is 1.30 bits per heavy atom. The van der Waals surface area contributed by atoms with Crippen molar-refractivity contribution >= 4 is 48.3 Å². The molecule has 0 radical (unpaired) electrons. The zero-order valence-corrected chi connectivity index (χ0v) is 21.8. The summed E-state index contributed by atoms with van der Waals surface area (Å²) in [5.41, 5.74) is -0.359. The van der Waals surface area contributed by atoms with Crippen molar-refractivity contribution in [2.45, 2.75) is 50.2 Å². The molecule has 7 nitrogen and oxygen atoms in total. The lowest BCUT2D eigenvalue weighted by Crippen LogP contribution is -2.45. The molecular weight excluding hydrogens is 558 g/mol. The molecule has 2 aromatic rings. The number of ether oxygens (including phenoxy) is 1. The van der Waals surface area contributed by atoms with Gasteiger partial charge in [0.1, 0.15) is 0 Å². The number of non-ortho nitro benzene ring substituents is 1. The second-order valence-corrected chi connectivity index (χ2v) is 14.3. The van der Waals surface area contributed by atoms with Gasteiger partial charge >= 0.3 is 0 Å². The number of amides is 1. The van der Waals surface area contributed by atoms with Crippen molar-refractivity contribution in [3.63, 3.8) is 0 Å². The monoisotopic (exact) mass is 584 g/mol. The number of aliphatic hydroxyl groups excluding tert-OH is 1. The summed E-state index contributed by atoms with van der Waals surface area (Å²) in [6.45, 7) is 5.03. The summed E-state index contributed by atoms with van der Waals surface area (Å²) in [5.74, 6) is -0.886. The molecule has 2 aliphatic heterocycles. The Morgan fingerprint density at radius 2 is 2.03 bits per heavy atom. The summed E-state index contributed by atoms with van der Waals surface area (Å²) < 4.78 is 22.9. The third kappa shape index (κ3) is 4.00. The number of hydrogen-bond acceptors (Lipinski definition) is 5. The summed E-state index contributed by atoms with van der Waals surface area (Å²) in [4.78, 5) is 26.7. The first-order chi connectivity index (χ1) is 15.5. The molecular formula is C23H26FIN2O5Si. The number of carbonyl (C=O) groups is 1. The molecule has 33 heavy (non-hydrogen) atoms. The number of nitro benzene ring substituents is 1. The second-order valence-electron chi connectivity index (χ2n) is 9.26. The Hall–Kier alpha value is -1.89. The quantitative estimate of drug-likeness (QED) is 0.171. The molecule has 2 aliphatic rings. The van der Waals surface area contributed by atoms with Crippen LogP contribution in [0.3, 0.4) is 0 Å². The molecule has 4 atom stereocenters. The van der Waals surface area contributed by atoms with Gasteiger partial charge in [-0.15, -0.1) is 0 Å². The van der Waals surface area contributed by atoms with Gasteiger partial charge in [-0.1, -0.05) is 19.1 Å². The summed E-state index contributed by atoms with van der Waals surface area (Å²) in [7, 11) is -3.31. The number of fused-ring (bicyclic) bond motifs is 2. The van der Waals surface area contributed by atoms with Gasteiger partial charge in [0.05, 0.1) is 23.3 Å². The van der Waals surface area contributed by atoms with Crippen LogP contribution in [0.4, 0.5) is 15.5 Å². The predicted octanol–water partition coefficient (Wildman–Crippen LogP) is 4.90. The summed E-state index contributed by atoms with van der Waals surface area (Å²) in [6, 6.07) is 12.1. The first-order valence-corrected chi connectivity index (χ1v) is 14.9. The van der Waals surface area contributed by atoms with Gasteiger partial charge in [-0.25, -0.2) is 0 Å². The van der Waals surface area contributed by atoms with Crippen LogP contribution in [0, 0.1) is 19.6 Å². The molecule has 4 rings (SSSR count). The van der Waals surface area contributed by atoms with Crippen LogP contribution < -0.4 is 4.90 Å². The van der Waals surface area contributed by atoms with Crippen molar-refractivity contribution in [2.24, 2.45) is 5.92 Å². The Bertz CT molecular complexity index is 1110. The van der Waals surface area contributed by atoms with Crippen molar-refractivity contribution < 1.29 is 23.7 Å². The van der Waals surface area contributed by atoms with Crippen LogP contribution in [0.25, 0.3) is 0 Å². The van der Waals surface area contributed by atoms with E-state index in [1.165, 1.54) is 12.1 Å². The zero-order valence-electron chi connectivity index (χ0n) is 18.6. The van der Waals surface area contributed by atoms with E-state index in [9.17, 15) is 20.0 Å². The number of rotatable bonds is 6. The maximum absolute atomic E-state index is 15.5. The number of nitro groups is 1. The molecule has 0 saturated carbocycles. The van der Waals surface area contributed by atoms with Crippen LogP contribution in [0.15, 0.2) is 42.5 Å². The number of aliphatic hydroxyl groups is 1. The van der Waals surface area contributed by atoms with E-state index in [-0.39, 0.29) is 31.2 Å². The highest BCUT2D eigenvalue weighted by molar-refractivity contribution is 14.1. The molecule has 1 fully saturated rings. The van der Waals surface area contributed by atoms with Gasteiger partial charge in [0.2, 0.25) is 8.41 Å². The molecule has 0 unspecified atom stereocenters. The van der Waals surface area contributed by atoms with E-state index in [0.717, 1.165) is 9.13 Å². The number of carbonyl (C=O) groups excluding carboxylic acids is 1. The minimum absolute atomic E-state index is 0.147.